The molecule has 17 heavy (non-hydrogen) atoms. The molecule has 0 radical (unpaired) electrons. The highest BCUT2D eigenvalue weighted by molar-refractivity contribution is 6.31. The van der Waals surface area contributed by atoms with Crippen molar-refractivity contribution in [2.45, 2.75) is 6.54 Å². The summed E-state index contributed by atoms with van der Waals surface area (Å²) in [5.74, 6) is 0.0532. The molecule has 0 aliphatic carbocycles. The predicted molar refractivity (Wildman–Crippen MR) is 59.2 cm³/mol. The van der Waals surface area contributed by atoms with Crippen molar-refractivity contribution >= 4 is 17.8 Å². The first-order valence-electron chi connectivity index (χ1n) is 4.69. The molecule has 1 heterocycles. The molecule has 0 fully saturated rings. The highest BCUT2D eigenvalue weighted by Gasteiger charge is 2.10. The van der Waals surface area contributed by atoms with Gasteiger partial charge >= 0.3 is 6.16 Å². The SMILES string of the molecule is O=C(O)Oc1cnnn1Cc1ccccc1Cl. The maximum atomic E-state index is 10.4. The highest BCUT2D eigenvalue weighted by atomic mass is 35.5. The zero-order chi connectivity index (χ0) is 12.3. The van der Waals surface area contributed by atoms with Gasteiger partial charge < -0.3 is 9.84 Å². The summed E-state index contributed by atoms with van der Waals surface area (Å²) in [4.78, 5) is 10.4. The molecular formula is C10H8ClN3O3. The largest absolute Gasteiger partial charge is 0.512 e. The van der Waals surface area contributed by atoms with E-state index >= 15 is 0 Å². The molecule has 0 amide bonds. The molecule has 0 aliphatic heterocycles. The lowest BCUT2D eigenvalue weighted by atomic mass is 10.2. The number of hydrogen-bond acceptors (Lipinski definition) is 4. The fraction of sp³-hybridized carbons (Fsp3) is 0.100. The van der Waals surface area contributed by atoms with Crippen LogP contribution in [0.4, 0.5) is 4.79 Å². The maximum Gasteiger partial charge on any atom is 0.512 e. The van der Waals surface area contributed by atoms with Crippen molar-refractivity contribution in [1.29, 1.82) is 0 Å². The van der Waals surface area contributed by atoms with Gasteiger partial charge in [-0.1, -0.05) is 35.0 Å². The van der Waals surface area contributed by atoms with E-state index in [9.17, 15) is 4.79 Å². The average Bonchev–Trinajstić information content (AvgIpc) is 2.68. The summed E-state index contributed by atoms with van der Waals surface area (Å²) in [5.41, 5.74) is 0.801. The first-order chi connectivity index (χ1) is 8.16. The molecule has 1 aromatic carbocycles. The number of rotatable bonds is 3. The molecule has 0 atom stereocenters. The molecule has 0 aliphatic rings. The first-order valence-corrected chi connectivity index (χ1v) is 5.07. The Balaban J connectivity index is 2.22. The quantitative estimate of drug-likeness (QED) is 0.847. The van der Waals surface area contributed by atoms with Gasteiger partial charge in [0.2, 0.25) is 5.88 Å². The number of carboxylic acid groups (broad SMARTS) is 1. The van der Waals surface area contributed by atoms with E-state index < -0.39 is 6.16 Å². The van der Waals surface area contributed by atoms with E-state index in [-0.39, 0.29) is 5.88 Å². The molecule has 6 nitrogen and oxygen atoms in total. The smallest absolute Gasteiger partial charge is 0.449 e. The van der Waals surface area contributed by atoms with Gasteiger partial charge in [0.05, 0.1) is 6.54 Å². The summed E-state index contributed by atoms with van der Waals surface area (Å²) in [6.45, 7) is 0.294. The molecule has 7 heteroatoms. The normalized spacial score (nSPS) is 10.2. The second-order valence-corrected chi connectivity index (χ2v) is 3.60. The van der Waals surface area contributed by atoms with E-state index in [1.807, 2.05) is 18.2 Å². The summed E-state index contributed by atoms with van der Waals surface area (Å²) in [6, 6.07) is 7.19. The topological polar surface area (TPSA) is 77.2 Å². The second kappa shape index (κ2) is 4.84. The van der Waals surface area contributed by atoms with Crippen LogP contribution in [0.5, 0.6) is 5.88 Å². The first kappa shape index (κ1) is 11.4. The van der Waals surface area contributed by atoms with Crippen molar-refractivity contribution in [3.63, 3.8) is 0 Å². The van der Waals surface area contributed by atoms with Gasteiger partial charge in [-0.15, -0.1) is 5.10 Å². The number of halogens is 1. The molecule has 1 aromatic heterocycles. The van der Waals surface area contributed by atoms with Gasteiger partial charge in [0.1, 0.15) is 6.20 Å². The van der Waals surface area contributed by atoms with Crippen LogP contribution in [0.1, 0.15) is 5.56 Å². The molecule has 88 valence electrons. The van der Waals surface area contributed by atoms with E-state index in [4.69, 9.17) is 16.7 Å². The zero-order valence-electron chi connectivity index (χ0n) is 8.58. The van der Waals surface area contributed by atoms with E-state index in [0.717, 1.165) is 5.56 Å². The van der Waals surface area contributed by atoms with E-state index in [1.54, 1.807) is 6.07 Å². The summed E-state index contributed by atoms with van der Waals surface area (Å²) < 4.78 is 5.82. The number of aromatic nitrogens is 3. The maximum absolute atomic E-state index is 10.4. The van der Waals surface area contributed by atoms with Crippen LogP contribution in [0.25, 0.3) is 0 Å². The van der Waals surface area contributed by atoms with Crippen molar-refractivity contribution < 1.29 is 14.6 Å². The molecule has 0 bridgehead atoms. The van der Waals surface area contributed by atoms with Crippen LogP contribution in [-0.4, -0.2) is 26.3 Å². The van der Waals surface area contributed by atoms with Crippen LogP contribution < -0.4 is 4.74 Å². The van der Waals surface area contributed by atoms with Gasteiger partial charge in [-0.25, -0.2) is 9.48 Å². The predicted octanol–water partition coefficient (Wildman–Crippen LogP) is 2.04. The number of hydrogen-bond donors (Lipinski definition) is 1. The average molecular weight is 254 g/mol. The minimum atomic E-state index is -1.41. The Morgan fingerprint density at radius 1 is 1.47 bits per heavy atom. The Labute approximate surface area is 101 Å². The molecule has 0 spiro atoms. The third-order valence-electron chi connectivity index (χ3n) is 2.05. The van der Waals surface area contributed by atoms with Crippen molar-refractivity contribution in [3.05, 3.63) is 41.0 Å². The molecule has 0 unspecified atom stereocenters. The lowest BCUT2D eigenvalue weighted by molar-refractivity contribution is 0.140. The van der Waals surface area contributed by atoms with Crippen LogP contribution in [0.15, 0.2) is 30.5 Å². The van der Waals surface area contributed by atoms with Crippen molar-refractivity contribution in [3.8, 4) is 5.88 Å². The van der Waals surface area contributed by atoms with Crippen molar-refractivity contribution in [2.24, 2.45) is 0 Å². The molecule has 2 rings (SSSR count). The van der Waals surface area contributed by atoms with E-state index in [1.165, 1.54) is 10.9 Å². The monoisotopic (exact) mass is 253 g/mol. The van der Waals surface area contributed by atoms with Crippen LogP contribution in [0, 0.1) is 0 Å². The highest BCUT2D eigenvalue weighted by Crippen LogP contribution is 2.18. The van der Waals surface area contributed by atoms with Crippen LogP contribution in [-0.2, 0) is 6.54 Å². The van der Waals surface area contributed by atoms with Gasteiger partial charge in [-0.3, -0.25) is 0 Å². The third kappa shape index (κ3) is 2.73. The Hall–Kier alpha value is -2.08. The number of ether oxygens (including phenoxy) is 1. The van der Waals surface area contributed by atoms with Crippen LogP contribution in [0.3, 0.4) is 0 Å². The van der Waals surface area contributed by atoms with Gasteiger partial charge in [-0.2, -0.15) is 0 Å². The lowest BCUT2D eigenvalue weighted by Gasteiger charge is -2.06. The lowest BCUT2D eigenvalue weighted by Crippen LogP contribution is -2.10. The molecular weight excluding hydrogens is 246 g/mol. The number of carbonyl (C=O) groups is 1. The third-order valence-corrected chi connectivity index (χ3v) is 2.42. The van der Waals surface area contributed by atoms with Gasteiger partial charge in [0.15, 0.2) is 0 Å². The minimum Gasteiger partial charge on any atom is -0.449 e. The summed E-state index contributed by atoms with van der Waals surface area (Å²) in [5, 5.41) is 16.4. The standard InChI is InChI=1S/C10H8ClN3O3/c11-8-4-2-1-3-7(8)6-14-9(5-12-13-14)17-10(15)16/h1-5H,6H2,(H,15,16). The Morgan fingerprint density at radius 2 is 2.24 bits per heavy atom. The van der Waals surface area contributed by atoms with Crippen LogP contribution in [0.2, 0.25) is 5.02 Å². The van der Waals surface area contributed by atoms with Gasteiger partial charge in [0, 0.05) is 5.02 Å². The second-order valence-electron chi connectivity index (χ2n) is 3.19. The molecule has 0 saturated carbocycles. The summed E-state index contributed by atoms with van der Waals surface area (Å²) >= 11 is 5.98. The summed E-state index contributed by atoms with van der Waals surface area (Å²) in [6.07, 6.45) is -0.182. The van der Waals surface area contributed by atoms with Gasteiger partial charge in [0.25, 0.3) is 0 Å². The van der Waals surface area contributed by atoms with Gasteiger partial charge in [-0.05, 0) is 11.6 Å². The Kier molecular flexibility index (Phi) is 3.24. The van der Waals surface area contributed by atoms with E-state index in [2.05, 4.69) is 15.0 Å². The Bertz CT molecular complexity index is 541. The minimum absolute atomic E-state index is 0.0532. The fourth-order valence-corrected chi connectivity index (χ4v) is 1.51. The fourth-order valence-electron chi connectivity index (χ4n) is 1.31. The van der Waals surface area contributed by atoms with E-state index in [0.29, 0.717) is 11.6 Å². The molecule has 2 aromatic rings. The molecule has 1 N–H and O–H groups in total. The Morgan fingerprint density at radius 3 is 2.94 bits per heavy atom. The van der Waals surface area contributed by atoms with Crippen molar-refractivity contribution in [2.75, 3.05) is 0 Å². The molecule has 0 saturated heterocycles. The van der Waals surface area contributed by atoms with Crippen molar-refractivity contribution in [1.82, 2.24) is 15.0 Å². The summed E-state index contributed by atoms with van der Waals surface area (Å²) in [7, 11) is 0. The zero-order valence-corrected chi connectivity index (χ0v) is 9.33. The van der Waals surface area contributed by atoms with Crippen LogP contribution >= 0.6 is 11.6 Å². The number of nitrogens with zero attached hydrogens (tertiary/aromatic N) is 3. The number of benzene rings is 1.